The molecule has 5 aliphatic carbocycles. The highest BCUT2D eigenvalue weighted by Gasteiger charge is 2.49. The van der Waals surface area contributed by atoms with E-state index in [0.717, 1.165) is 30.1 Å². The van der Waals surface area contributed by atoms with Gasteiger partial charge in [0.15, 0.2) is 0 Å². The van der Waals surface area contributed by atoms with Crippen LogP contribution in [0.1, 0.15) is 54.7 Å². The van der Waals surface area contributed by atoms with Crippen LogP contribution < -0.4 is 0 Å². The highest BCUT2D eigenvalue weighted by atomic mass is 14.5. The van der Waals surface area contributed by atoms with Crippen LogP contribution in [0.4, 0.5) is 0 Å². The van der Waals surface area contributed by atoms with Crippen molar-refractivity contribution in [3.63, 3.8) is 0 Å². The average molecular weight is 729 g/mol. The van der Waals surface area contributed by atoms with E-state index in [4.69, 9.17) is 0 Å². The molecule has 57 heavy (non-hydrogen) atoms. The summed E-state index contributed by atoms with van der Waals surface area (Å²) in [7, 11) is 0. The summed E-state index contributed by atoms with van der Waals surface area (Å²) in [5.41, 5.74) is 15.3. The number of rotatable bonds is 4. The third-order valence-electron chi connectivity index (χ3n) is 15.0. The van der Waals surface area contributed by atoms with E-state index in [1.807, 2.05) is 0 Å². The maximum absolute atomic E-state index is 2.54. The molecule has 4 bridgehead atoms. The maximum atomic E-state index is 2.54. The molecule has 0 atom stereocenters. The molecule has 9 aromatic carbocycles. The molecule has 14 rings (SSSR count). The van der Waals surface area contributed by atoms with Crippen LogP contribution >= 0.6 is 0 Å². The SMILES string of the molecule is c1ccc(-c2c3ccccc3c(-c3ccc4c(c3)-c3c(cccc3-c3c5ccccc5c(C5C6CC7CC(C6)CC5C7)c5ccccc35)C4)c3ccccc23)cc1. The zero-order valence-corrected chi connectivity index (χ0v) is 32.2. The fourth-order valence-electron chi connectivity index (χ4n) is 13.2. The van der Waals surface area contributed by atoms with E-state index in [1.54, 1.807) is 5.56 Å². The highest BCUT2D eigenvalue weighted by molar-refractivity contribution is 6.22. The molecule has 0 radical (unpaired) electrons. The van der Waals surface area contributed by atoms with Crippen LogP contribution in [0, 0.1) is 23.7 Å². The van der Waals surface area contributed by atoms with Crippen molar-refractivity contribution >= 4 is 43.1 Å². The molecule has 272 valence electrons. The molecule has 0 unspecified atom stereocenters. The van der Waals surface area contributed by atoms with Crippen LogP contribution in [-0.2, 0) is 6.42 Å². The maximum Gasteiger partial charge on any atom is -0.00132 e. The Labute approximate surface area is 334 Å². The number of fused-ring (bicyclic) bond motifs is 7. The van der Waals surface area contributed by atoms with Gasteiger partial charge in [-0.25, -0.2) is 0 Å². The second-order valence-corrected chi connectivity index (χ2v) is 17.9. The van der Waals surface area contributed by atoms with Gasteiger partial charge in [-0.1, -0.05) is 158 Å². The molecule has 0 amide bonds. The third kappa shape index (κ3) is 4.68. The van der Waals surface area contributed by atoms with Crippen LogP contribution in [-0.4, -0.2) is 0 Å². The molecule has 0 heteroatoms. The first-order valence-corrected chi connectivity index (χ1v) is 21.4. The molecule has 0 spiro atoms. The van der Waals surface area contributed by atoms with Gasteiger partial charge in [-0.2, -0.15) is 0 Å². The van der Waals surface area contributed by atoms with Crippen molar-refractivity contribution in [1.29, 1.82) is 0 Å². The van der Waals surface area contributed by atoms with E-state index in [9.17, 15) is 0 Å². The van der Waals surface area contributed by atoms with Crippen molar-refractivity contribution in [3.05, 3.63) is 180 Å². The lowest BCUT2D eigenvalue weighted by Gasteiger charge is -2.55. The molecule has 5 aliphatic rings. The normalized spacial score (nSPS) is 21.8. The Morgan fingerprint density at radius 1 is 0.316 bits per heavy atom. The Balaban J connectivity index is 1.04. The molecule has 4 fully saturated rings. The summed E-state index contributed by atoms with van der Waals surface area (Å²) in [6.07, 6.45) is 8.21. The summed E-state index contributed by atoms with van der Waals surface area (Å²) in [4.78, 5) is 0. The quantitative estimate of drug-likeness (QED) is 0.158. The van der Waals surface area contributed by atoms with Gasteiger partial charge in [0.25, 0.3) is 0 Å². The summed E-state index contributed by atoms with van der Waals surface area (Å²) in [6.45, 7) is 0. The van der Waals surface area contributed by atoms with Crippen LogP contribution in [0.5, 0.6) is 0 Å². The van der Waals surface area contributed by atoms with Gasteiger partial charge in [0.2, 0.25) is 0 Å². The molecular weight excluding hydrogens is 685 g/mol. The minimum Gasteiger partial charge on any atom is -0.0622 e. The Kier molecular flexibility index (Phi) is 6.91. The van der Waals surface area contributed by atoms with E-state index in [0.29, 0.717) is 5.92 Å². The van der Waals surface area contributed by atoms with Crippen molar-refractivity contribution in [2.45, 2.75) is 44.4 Å². The molecule has 9 aromatic rings. The molecule has 0 N–H and O–H groups in total. The van der Waals surface area contributed by atoms with Gasteiger partial charge in [-0.15, -0.1) is 0 Å². The van der Waals surface area contributed by atoms with Gasteiger partial charge < -0.3 is 0 Å². The zero-order valence-electron chi connectivity index (χ0n) is 32.2. The summed E-state index contributed by atoms with van der Waals surface area (Å²) in [6, 6.07) is 62.5. The lowest BCUT2D eigenvalue weighted by molar-refractivity contribution is -0.00185. The van der Waals surface area contributed by atoms with Crippen molar-refractivity contribution < 1.29 is 0 Å². The zero-order chi connectivity index (χ0) is 37.2. The van der Waals surface area contributed by atoms with Crippen LogP contribution in [0.15, 0.2) is 164 Å². The van der Waals surface area contributed by atoms with Gasteiger partial charge in [-0.3, -0.25) is 0 Å². The molecular formula is C57H44. The standard InChI is InChI=1S/C57H44/c1-2-13-36(14-3-1)53-42-16-4-6-18-44(42)54(45-19-7-5-17-43(45)53)39-26-25-37-32-38-15-12-24-50(55(38)51(37)33-39)56-46-20-8-10-22-48(46)57(49-23-11-9-21-47(49)56)52-40-28-34-27-35(30-40)31-41(52)29-34/h1-26,33-35,40-41,52H,27-32H2. The van der Waals surface area contributed by atoms with Crippen LogP contribution in [0.25, 0.3) is 87.6 Å². The average Bonchev–Trinajstić information content (AvgIpc) is 3.63. The summed E-state index contributed by atoms with van der Waals surface area (Å²) >= 11 is 0. The Hall–Kier alpha value is -5.98. The fourth-order valence-corrected chi connectivity index (χ4v) is 13.2. The largest absolute Gasteiger partial charge is 0.0622 e. The van der Waals surface area contributed by atoms with Crippen molar-refractivity contribution in [3.8, 4) is 44.5 Å². The predicted molar refractivity (Wildman–Crippen MR) is 241 cm³/mol. The Morgan fingerprint density at radius 2 is 0.807 bits per heavy atom. The lowest BCUT2D eigenvalue weighted by Crippen LogP contribution is -2.43. The van der Waals surface area contributed by atoms with E-state index >= 15 is 0 Å². The summed E-state index contributed by atoms with van der Waals surface area (Å²) in [5, 5.41) is 11.0. The summed E-state index contributed by atoms with van der Waals surface area (Å²) < 4.78 is 0. The summed E-state index contributed by atoms with van der Waals surface area (Å²) in [5.74, 6) is 4.27. The second-order valence-electron chi connectivity index (χ2n) is 17.9. The van der Waals surface area contributed by atoms with Crippen LogP contribution in [0.3, 0.4) is 0 Å². The Bertz CT molecular complexity index is 2970. The van der Waals surface area contributed by atoms with E-state index < -0.39 is 0 Å². The Morgan fingerprint density at radius 3 is 1.37 bits per heavy atom. The molecule has 0 nitrogen and oxygen atoms in total. The van der Waals surface area contributed by atoms with E-state index in [1.165, 1.54) is 131 Å². The number of benzene rings is 9. The topological polar surface area (TPSA) is 0 Å². The first-order chi connectivity index (χ1) is 28.3. The second kappa shape index (κ2) is 12.3. The van der Waals surface area contributed by atoms with Crippen molar-refractivity contribution in [2.24, 2.45) is 23.7 Å². The first-order valence-electron chi connectivity index (χ1n) is 21.4. The predicted octanol–water partition coefficient (Wildman–Crippen LogP) is 15.4. The van der Waals surface area contributed by atoms with E-state index in [2.05, 4.69) is 164 Å². The van der Waals surface area contributed by atoms with Gasteiger partial charge in [-0.05, 0) is 178 Å². The van der Waals surface area contributed by atoms with Crippen LogP contribution in [0.2, 0.25) is 0 Å². The molecule has 0 aliphatic heterocycles. The molecule has 0 heterocycles. The number of hydrogen-bond donors (Lipinski definition) is 0. The van der Waals surface area contributed by atoms with Gasteiger partial charge in [0, 0.05) is 0 Å². The highest BCUT2D eigenvalue weighted by Crippen LogP contribution is 2.62. The first kappa shape index (κ1) is 32.1. The minimum absolute atomic E-state index is 0.671. The smallest absolute Gasteiger partial charge is 0.00132 e. The fraction of sp³-hybridized carbons (Fsp3) is 0.193. The molecule has 0 aromatic heterocycles. The van der Waals surface area contributed by atoms with Gasteiger partial charge >= 0.3 is 0 Å². The van der Waals surface area contributed by atoms with Crippen molar-refractivity contribution in [2.75, 3.05) is 0 Å². The monoisotopic (exact) mass is 728 g/mol. The van der Waals surface area contributed by atoms with Gasteiger partial charge in [0.1, 0.15) is 0 Å². The van der Waals surface area contributed by atoms with Crippen molar-refractivity contribution in [1.82, 2.24) is 0 Å². The molecule has 0 saturated heterocycles. The van der Waals surface area contributed by atoms with Gasteiger partial charge in [0.05, 0.1) is 0 Å². The number of hydrogen-bond acceptors (Lipinski definition) is 0. The molecule has 4 saturated carbocycles. The minimum atomic E-state index is 0.671. The third-order valence-corrected chi connectivity index (χ3v) is 15.0. The van der Waals surface area contributed by atoms with E-state index in [-0.39, 0.29) is 0 Å². The lowest BCUT2D eigenvalue weighted by atomic mass is 9.50.